The van der Waals surface area contributed by atoms with Gasteiger partial charge in [-0.25, -0.2) is 0 Å². The van der Waals surface area contributed by atoms with Crippen LogP contribution >= 0.6 is 11.3 Å². The fourth-order valence-electron chi connectivity index (χ4n) is 1.94. The van der Waals surface area contributed by atoms with Crippen LogP contribution in [0.1, 0.15) is 44.1 Å². The van der Waals surface area contributed by atoms with Crippen molar-refractivity contribution in [2.45, 2.75) is 45.3 Å². The standard InChI is InChI=1S/C14H24N2O2S/c1-10(6-3-4-8-16-11(2)15)13(17)14(18)12-7-5-9-19-12/h5,7,9-10,13-14,17-18H,3-4,6,8H2,1-2H3,(H2,15,16)/t10-,13?,14?/m0/s1. The molecule has 19 heavy (non-hydrogen) atoms. The topological polar surface area (TPSA) is 78.8 Å². The molecule has 5 heteroatoms. The molecule has 3 atom stereocenters. The molecule has 0 aliphatic carbocycles. The number of hydrogen-bond donors (Lipinski definition) is 3. The third-order valence-corrected chi connectivity index (χ3v) is 4.11. The van der Waals surface area contributed by atoms with Crippen molar-refractivity contribution >= 4 is 17.2 Å². The third-order valence-electron chi connectivity index (χ3n) is 3.17. The van der Waals surface area contributed by atoms with Gasteiger partial charge in [0.25, 0.3) is 0 Å². The van der Waals surface area contributed by atoms with Crippen molar-refractivity contribution in [1.82, 2.24) is 0 Å². The first-order valence-electron chi connectivity index (χ1n) is 6.68. The molecule has 0 saturated heterocycles. The van der Waals surface area contributed by atoms with Gasteiger partial charge in [-0.1, -0.05) is 19.4 Å². The van der Waals surface area contributed by atoms with Gasteiger partial charge >= 0.3 is 0 Å². The predicted molar refractivity (Wildman–Crippen MR) is 80.5 cm³/mol. The Bertz CT molecular complexity index is 375. The first-order valence-corrected chi connectivity index (χ1v) is 7.56. The summed E-state index contributed by atoms with van der Waals surface area (Å²) in [6.45, 7) is 4.49. The second-order valence-electron chi connectivity index (χ2n) is 4.95. The van der Waals surface area contributed by atoms with E-state index in [0.717, 1.165) is 30.7 Å². The fourth-order valence-corrected chi connectivity index (χ4v) is 2.69. The normalized spacial score (nSPS) is 17.2. The molecule has 0 aliphatic heterocycles. The molecule has 1 heterocycles. The van der Waals surface area contributed by atoms with E-state index in [2.05, 4.69) is 4.99 Å². The second kappa shape index (κ2) is 8.30. The highest BCUT2D eigenvalue weighted by atomic mass is 32.1. The maximum absolute atomic E-state index is 10.1. The van der Waals surface area contributed by atoms with Crippen molar-refractivity contribution in [3.05, 3.63) is 22.4 Å². The molecule has 1 rings (SSSR count). The van der Waals surface area contributed by atoms with Gasteiger partial charge in [0.2, 0.25) is 0 Å². The number of rotatable bonds is 8. The molecule has 0 radical (unpaired) electrons. The molecule has 4 nitrogen and oxygen atoms in total. The molecule has 4 N–H and O–H groups in total. The van der Waals surface area contributed by atoms with E-state index in [1.54, 1.807) is 6.92 Å². The number of unbranched alkanes of at least 4 members (excludes halogenated alkanes) is 1. The minimum absolute atomic E-state index is 0.0695. The van der Waals surface area contributed by atoms with Crippen molar-refractivity contribution in [1.29, 1.82) is 0 Å². The number of aliphatic hydroxyl groups is 2. The lowest BCUT2D eigenvalue weighted by Gasteiger charge is -2.23. The highest BCUT2D eigenvalue weighted by molar-refractivity contribution is 7.10. The van der Waals surface area contributed by atoms with Gasteiger partial charge in [0.05, 0.1) is 11.9 Å². The third kappa shape index (κ3) is 5.72. The van der Waals surface area contributed by atoms with Crippen molar-refractivity contribution in [2.75, 3.05) is 6.54 Å². The van der Waals surface area contributed by atoms with E-state index in [1.165, 1.54) is 11.3 Å². The summed E-state index contributed by atoms with van der Waals surface area (Å²) in [5, 5.41) is 22.1. The summed E-state index contributed by atoms with van der Waals surface area (Å²) in [5.74, 6) is 0.682. The van der Waals surface area contributed by atoms with Crippen molar-refractivity contribution < 1.29 is 10.2 Å². The summed E-state index contributed by atoms with van der Waals surface area (Å²) in [6, 6.07) is 3.73. The first-order chi connectivity index (χ1) is 9.02. The second-order valence-corrected chi connectivity index (χ2v) is 5.93. The molecule has 0 spiro atoms. The molecule has 0 bridgehead atoms. The van der Waals surface area contributed by atoms with Crippen molar-refractivity contribution in [3.63, 3.8) is 0 Å². The van der Waals surface area contributed by atoms with Crippen LogP contribution in [-0.2, 0) is 0 Å². The van der Waals surface area contributed by atoms with Gasteiger partial charge < -0.3 is 15.9 Å². The Hall–Kier alpha value is -0.910. The number of aliphatic imine (C=N–C) groups is 1. The van der Waals surface area contributed by atoms with Gasteiger partial charge in [0.15, 0.2) is 0 Å². The summed E-state index contributed by atoms with van der Waals surface area (Å²) in [7, 11) is 0. The van der Waals surface area contributed by atoms with E-state index < -0.39 is 12.2 Å². The number of amidine groups is 1. The maximum Gasteiger partial charge on any atom is 0.114 e. The van der Waals surface area contributed by atoms with Crippen LogP contribution in [0.25, 0.3) is 0 Å². The largest absolute Gasteiger partial charge is 0.390 e. The number of aliphatic hydroxyl groups excluding tert-OH is 2. The van der Waals surface area contributed by atoms with Gasteiger partial charge in [-0.2, -0.15) is 0 Å². The summed E-state index contributed by atoms with van der Waals surface area (Å²) < 4.78 is 0. The van der Waals surface area contributed by atoms with E-state index in [9.17, 15) is 10.2 Å². The van der Waals surface area contributed by atoms with Crippen LogP contribution in [-0.4, -0.2) is 28.7 Å². The molecule has 2 unspecified atom stereocenters. The quantitative estimate of drug-likeness (QED) is 0.389. The lowest BCUT2D eigenvalue weighted by Crippen LogP contribution is -2.25. The number of nitrogens with two attached hydrogens (primary N) is 1. The Labute approximate surface area is 119 Å². The van der Waals surface area contributed by atoms with Gasteiger partial charge in [0.1, 0.15) is 6.10 Å². The zero-order valence-corrected chi connectivity index (χ0v) is 12.4. The molecular formula is C14H24N2O2S. The molecule has 108 valence electrons. The molecular weight excluding hydrogens is 260 g/mol. The summed E-state index contributed by atoms with van der Waals surface area (Å²) in [5.41, 5.74) is 5.45. The van der Waals surface area contributed by atoms with Gasteiger partial charge in [0, 0.05) is 11.4 Å². The monoisotopic (exact) mass is 284 g/mol. The van der Waals surface area contributed by atoms with Crippen LogP contribution in [0.5, 0.6) is 0 Å². The predicted octanol–water partition coefficient (Wildman–Crippen LogP) is 2.33. The van der Waals surface area contributed by atoms with Crippen LogP contribution in [0.2, 0.25) is 0 Å². The fraction of sp³-hybridized carbons (Fsp3) is 0.643. The summed E-state index contributed by atoms with van der Waals surface area (Å²) >= 11 is 1.47. The average Bonchev–Trinajstić information content (AvgIpc) is 2.89. The number of thiophene rings is 1. The van der Waals surface area contributed by atoms with E-state index >= 15 is 0 Å². The van der Waals surface area contributed by atoms with Crippen LogP contribution in [0.3, 0.4) is 0 Å². The molecule has 1 aromatic rings. The smallest absolute Gasteiger partial charge is 0.114 e. The molecule has 0 fully saturated rings. The summed E-state index contributed by atoms with van der Waals surface area (Å²) in [4.78, 5) is 4.95. The number of nitrogens with zero attached hydrogens (tertiary/aromatic N) is 1. The van der Waals surface area contributed by atoms with Crippen LogP contribution in [0, 0.1) is 5.92 Å². The van der Waals surface area contributed by atoms with Gasteiger partial charge in [-0.3, -0.25) is 4.99 Å². The minimum Gasteiger partial charge on any atom is -0.390 e. The zero-order chi connectivity index (χ0) is 14.3. The molecule has 0 aliphatic rings. The van der Waals surface area contributed by atoms with E-state index in [4.69, 9.17) is 5.73 Å². The highest BCUT2D eigenvalue weighted by Crippen LogP contribution is 2.27. The van der Waals surface area contributed by atoms with Crippen molar-refractivity contribution in [2.24, 2.45) is 16.6 Å². The lowest BCUT2D eigenvalue weighted by atomic mass is 9.93. The SMILES string of the molecule is CC(N)=NCCCC[C@H](C)C(O)C(O)c1cccs1. The molecule has 1 aromatic heterocycles. The number of hydrogen-bond acceptors (Lipinski definition) is 4. The maximum atomic E-state index is 10.1. The first kappa shape index (κ1) is 16.1. The van der Waals surface area contributed by atoms with Crippen LogP contribution in [0.4, 0.5) is 0 Å². The van der Waals surface area contributed by atoms with Crippen LogP contribution < -0.4 is 5.73 Å². The minimum atomic E-state index is -0.778. The van der Waals surface area contributed by atoms with E-state index in [1.807, 2.05) is 24.4 Å². The van der Waals surface area contributed by atoms with Crippen LogP contribution in [0.15, 0.2) is 22.5 Å². The Morgan fingerprint density at radius 2 is 2.16 bits per heavy atom. The Morgan fingerprint density at radius 3 is 2.74 bits per heavy atom. The molecule has 0 saturated carbocycles. The Kier molecular flexibility index (Phi) is 7.05. The zero-order valence-electron chi connectivity index (χ0n) is 11.6. The Morgan fingerprint density at radius 1 is 1.42 bits per heavy atom. The van der Waals surface area contributed by atoms with Gasteiger partial charge in [-0.05, 0) is 37.1 Å². The highest BCUT2D eigenvalue weighted by Gasteiger charge is 2.24. The van der Waals surface area contributed by atoms with Crippen molar-refractivity contribution in [3.8, 4) is 0 Å². The molecule has 0 aromatic carbocycles. The summed E-state index contributed by atoms with van der Waals surface area (Å²) in [6.07, 6.45) is 1.33. The lowest BCUT2D eigenvalue weighted by molar-refractivity contribution is -0.0148. The molecule has 0 amide bonds. The average molecular weight is 284 g/mol. The van der Waals surface area contributed by atoms with E-state index in [0.29, 0.717) is 5.84 Å². The van der Waals surface area contributed by atoms with Gasteiger partial charge in [-0.15, -0.1) is 11.3 Å². The Balaban J connectivity index is 2.28. The van der Waals surface area contributed by atoms with E-state index in [-0.39, 0.29) is 5.92 Å².